The first-order chi connectivity index (χ1) is 8.28. The summed E-state index contributed by atoms with van der Waals surface area (Å²) in [6, 6.07) is 0. The Morgan fingerprint density at radius 2 is 1.78 bits per heavy atom. The van der Waals surface area contributed by atoms with Crippen LogP contribution in [-0.4, -0.2) is 62.4 Å². The third-order valence-corrected chi connectivity index (χ3v) is 2.65. The molecule has 0 bridgehead atoms. The molecule has 18 heavy (non-hydrogen) atoms. The molecule has 0 spiro atoms. The number of nitrogens with zero attached hydrogens (tertiary/aromatic N) is 1. The van der Waals surface area contributed by atoms with Crippen LogP contribution in [0, 0.1) is 0 Å². The second-order valence-corrected chi connectivity index (χ2v) is 4.92. The molecule has 104 valence electrons. The number of hydrogen-bond acceptors (Lipinski definition) is 5. The largest absolute Gasteiger partial charge is 0.384 e. The zero-order valence-corrected chi connectivity index (χ0v) is 11.6. The van der Waals surface area contributed by atoms with Crippen molar-refractivity contribution in [1.29, 1.82) is 0 Å². The molecule has 0 aromatic rings. The zero-order valence-electron chi connectivity index (χ0n) is 11.6. The highest BCUT2D eigenvalue weighted by atomic mass is 16.8. The van der Waals surface area contributed by atoms with Gasteiger partial charge in [-0.2, -0.15) is 0 Å². The summed E-state index contributed by atoms with van der Waals surface area (Å²) < 4.78 is 15.9. The topological polar surface area (TPSA) is 65.1 Å². The molecule has 0 N–H and O–H groups in total. The molecular weight excluding hydrogens is 238 g/mol. The van der Waals surface area contributed by atoms with Gasteiger partial charge in [0.25, 0.3) is 5.91 Å². The first-order valence-electron chi connectivity index (χ1n) is 5.87. The molecule has 1 fully saturated rings. The second-order valence-electron chi connectivity index (χ2n) is 4.92. The Labute approximate surface area is 107 Å². The Morgan fingerprint density at radius 1 is 1.22 bits per heavy atom. The van der Waals surface area contributed by atoms with Crippen LogP contribution >= 0.6 is 0 Å². The van der Waals surface area contributed by atoms with Crippen molar-refractivity contribution < 1.29 is 23.8 Å². The Hall–Kier alpha value is -0.980. The third kappa shape index (κ3) is 3.51. The first-order valence-corrected chi connectivity index (χ1v) is 5.87. The summed E-state index contributed by atoms with van der Waals surface area (Å²) in [6.07, 6.45) is -1.53. The van der Waals surface area contributed by atoms with Crippen molar-refractivity contribution in [2.75, 3.05) is 27.8 Å². The number of ether oxygens (including phenoxy) is 3. The van der Waals surface area contributed by atoms with Crippen LogP contribution in [0.5, 0.6) is 0 Å². The van der Waals surface area contributed by atoms with Gasteiger partial charge >= 0.3 is 0 Å². The predicted molar refractivity (Wildman–Crippen MR) is 64.0 cm³/mol. The Morgan fingerprint density at radius 3 is 2.28 bits per heavy atom. The van der Waals surface area contributed by atoms with Gasteiger partial charge < -0.3 is 19.1 Å². The molecule has 0 radical (unpaired) electrons. The summed E-state index contributed by atoms with van der Waals surface area (Å²) in [7, 11) is 4.76. The van der Waals surface area contributed by atoms with Gasteiger partial charge in [0.1, 0.15) is 0 Å². The monoisotopic (exact) mass is 259 g/mol. The number of methoxy groups -OCH3 is 1. The van der Waals surface area contributed by atoms with Crippen LogP contribution in [0.3, 0.4) is 0 Å². The third-order valence-electron chi connectivity index (χ3n) is 2.65. The minimum absolute atomic E-state index is 0.178. The molecule has 1 aliphatic rings. The van der Waals surface area contributed by atoms with E-state index in [4.69, 9.17) is 14.2 Å². The molecule has 0 aromatic heterocycles. The summed E-state index contributed by atoms with van der Waals surface area (Å²) in [5.41, 5.74) is 0. The van der Waals surface area contributed by atoms with Crippen molar-refractivity contribution in [2.45, 2.75) is 38.3 Å². The lowest BCUT2D eigenvalue weighted by Gasteiger charge is -2.19. The minimum Gasteiger partial charge on any atom is -0.384 e. The molecule has 1 heterocycles. The molecule has 1 aliphatic heterocycles. The molecule has 1 rings (SSSR count). The second kappa shape index (κ2) is 5.77. The summed E-state index contributed by atoms with van der Waals surface area (Å²) >= 11 is 0. The predicted octanol–water partition coefficient (Wildman–Crippen LogP) is 0.200. The lowest BCUT2D eigenvalue weighted by molar-refractivity contribution is -0.161. The van der Waals surface area contributed by atoms with Crippen LogP contribution in [0.25, 0.3) is 0 Å². The number of carbonyl (C=O) groups excluding carboxylic acids is 2. The quantitative estimate of drug-likeness (QED) is 0.705. The van der Waals surface area contributed by atoms with Crippen molar-refractivity contribution in [3.8, 4) is 0 Å². The van der Waals surface area contributed by atoms with E-state index in [9.17, 15) is 9.59 Å². The van der Waals surface area contributed by atoms with Gasteiger partial charge in [-0.15, -0.1) is 0 Å². The van der Waals surface area contributed by atoms with Crippen LogP contribution in [0.15, 0.2) is 0 Å². The number of likely N-dealkylation sites (N-methyl/N-ethyl adjacent to an activating group) is 1. The van der Waals surface area contributed by atoms with E-state index in [1.54, 1.807) is 27.9 Å². The summed E-state index contributed by atoms with van der Waals surface area (Å²) in [5.74, 6) is -1.37. The van der Waals surface area contributed by atoms with E-state index >= 15 is 0 Å². The molecular formula is C12H21NO5. The SMILES string of the molecule is COCCC(=O)[C@@H]1OC(C)(C)O[C@H]1C(=O)N(C)C. The minimum atomic E-state index is -0.927. The molecule has 0 saturated carbocycles. The number of amides is 1. The van der Waals surface area contributed by atoms with Crippen LogP contribution < -0.4 is 0 Å². The number of carbonyl (C=O) groups is 2. The van der Waals surface area contributed by atoms with E-state index in [1.807, 2.05) is 0 Å². The van der Waals surface area contributed by atoms with Gasteiger partial charge in [-0.3, -0.25) is 9.59 Å². The number of hydrogen-bond donors (Lipinski definition) is 0. The highest BCUT2D eigenvalue weighted by Crippen LogP contribution is 2.30. The molecule has 1 saturated heterocycles. The van der Waals surface area contributed by atoms with Gasteiger partial charge in [0, 0.05) is 27.6 Å². The summed E-state index contributed by atoms with van der Waals surface area (Å²) in [6.45, 7) is 3.68. The fourth-order valence-electron chi connectivity index (χ4n) is 1.78. The van der Waals surface area contributed by atoms with Gasteiger partial charge in [0.15, 0.2) is 23.8 Å². The molecule has 0 unspecified atom stereocenters. The average Bonchev–Trinajstić information content (AvgIpc) is 2.61. The van der Waals surface area contributed by atoms with Gasteiger partial charge in [0.2, 0.25) is 0 Å². The Kier molecular flexibility index (Phi) is 4.84. The zero-order chi connectivity index (χ0) is 13.9. The maximum Gasteiger partial charge on any atom is 0.254 e. The molecule has 0 aromatic carbocycles. The van der Waals surface area contributed by atoms with E-state index in [0.717, 1.165) is 0 Å². The number of rotatable bonds is 5. The maximum absolute atomic E-state index is 12.0. The standard InChI is InChI=1S/C12H21NO5/c1-12(2)17-9(8(14)6-7-16-5)10(18-12)11(15)13(3)4/h9-10H,6-7H2,1-5H3/t9-,10+/m0/s1. The van der Waals surface area contributed by atoms with Crippen molar-refractivity contribution in [2.24, 2.45) is 0 Å². The number of Topliss-reactive ketones (excluding diaryl/α,β-unsaturated/α-hetero) is 1. The van der Waals surface area contributed by atoms with Crippen molar-refractivity contribution in [3.63, 3.8) is 0 Å². The van der Waals surface area contributed by atoms with Crippen molar-refractivity contribution >= 4 is 11.7 Å². The fraction of sp³-hybridized carbons (Fsp3) is 0.833. The molecule has 6 nitrogen and oxygen atoms in total. The van der Waals surface area contributed by atoms with Gasteiger partial charge in [-0.05, 0) is 13.8 Å². The van der Waals surface area contributed by atoms with Crippen molar-refractivity contribution in [1.82, 2.24) is 4.90 Å². The lowest BCUT2D eigenvalue weighted by atomic mass is 10.1. The van der Waals surface area contributed by atoms with E-state index in [0.29, 0.717) is 6.61 Å². The smallest absolute Gasteiger partial charge is 0.254 e. The molecule has 2 atom stereocenters. The van der Waals surface area contributed by atoms with Gasteiger partial charge in [-0.25, -0.2) is 0 Å². The van der Waals surface area contributed by atoms with Crippen LogP contribution in [0.2, 0.25) is 0 Å². The van der Waals surface area contributed by atoms with E-state index in [-0.39, 0.29) is 18.1 Å². The molecule has 6 heteroatoms. The first kappa shape index (κ1) is 15.1. The van der Waals surface area contributed by atoms with E-state index in [2.05, 4.69) is 0 Å². The summed E-state index contributed by atoms with van der Waals surface area (Å²) in [4.78, 5) is 25.3. The normalized spacial score (nSPS) is 26.1. The van der Waals surface area contributed by atoms with Crippen LogP contribution in [0.4, 0.5) is 0 Å². The van der Waals surface area contributed by atoms with E-state index in [1.165, 1.54) is 12.0 Å². The van der Waals surface area contributed by atoms with Gasteiger partial charge in [0.05, 0.1) is 6.61 Å². The number of ketones is 1. The molecule has 1 amide bonds. The van der Waals surface area contributed by atoms with Crippen molar-refractivity contribution in [3.05, 3.63) is 0 Å². The highest BCUT2D eigenvalue weighted by Gasteiger charge is 2.48. The Bertz CT molecular complexity index is 326. The maximum atomic E-state index is 12.0. The van der Waals surface area contributed by atoms with Gasteiger partial charge in [-0.1, -0.05) is 0 Å². The van der Waals surface area contributed by atoms with E-state index < -0.39 is 18.0 Å². The fourth-order valence-corrected chi connectivity index (χ4v) is 1.78. The molecule has 0 aliphatic carbocycles. The summed E-state index contributed by atoms with van der Waals surface area (Å²) in [5, 5.41) is 0. The average molecular weight is 259 g/mol. The van der Waals surface area contributed by atoms with Crippen LogP contribution in [-0.2, 0) is 23.8 Å². The van der Waals surface area contributed by atoms with Crippen LogP contribution in [0.1, 0.15) is 20.3 Å². The highest BCUT2D eigenvalue weighted by molar-refractivity contribution is 5.92. The Balaban J connectivity index is 2.79. The lowest BCUT2D eigenvalue weighted by Crippen LogP contribution is -2.43.